The molecule has 3 nitrogen and oxygen atoms in total. The second-order valence-electron chi connectivity index (χ2n) is 2.62. The number of nitrogens with zero attached hydrogens (tertiary/aromatic N) is 2. The Bertz CT molecular complexity index is 409. The number of rotatable bonds is 2. The van der Waals surface area contributed by atoms with Crippen LogP contribution in [0.15, 0.2) is 30.6 Å². The predicted molar refractivity (Wildman–Crippen MR) is 50.7 cm³/mol. The molecule has 2 rings (SSSR count). The highest BCUT2D eigenvalue weighted by Gasteiger charge is 2.01. The zero-order chi connectivity index (χ0) is 9.10. The van der Waals surface area contributed by atoms with Gasteiger partial charge >= 0.3 is 0 Å². The van der Waals surface area contributed by atoms with Crippen molar-refractivity contribution in [2.45, 2.75) is 6.92 Å². The van der Waals surface area contributed by atoms with Crippen LogP contribution in [0.25, 0.3) is 10.9 Å². The van der Waals surface area contributed by atoms with Gasteiger partial charge in [-0.1, -0.05) is 6.07 Å². The zero-order valence-corrected chi connectivity index (χ0v) is 7.40. The number of ether oxygens (including phenoxy) is 1. The molecule has 0 saturated carbocycles. The van der Waals surface area contributed by atoms with Crippen molar-refractivity contribution in [3.8, 4) is 5.88 Å². The van der Waals surface area contributed by atoms with Crippen LogP contribution in [0.2, 0.25) is 0 Å². The Morgan fingerprint density at radius 2 is 2.15 bits per heavy atom. The zero-order valence-electron chi connectivity index (χ0n) is 7.40. The molecular weight excluding hydrogens is 164 g/mol. The molecule has 2 heterocycles. The monoisotopic (exact) mass is 174 g/mol. The lowest BCUT2D eigenvalue weighted by Gasteiger charge is -2.03. The van der Waals surface area contributed by atoms with Gasteiger partial charge in [-0.25, -0.2) is 4.98 Å². The maximum atomic E-state index is 5.35. The highest BCUT2D eigenvalue weighted by Crippen LogP contribution is 2.19. The van der Waals surface area contributed by atoms with E-state index < -0.39 is 0 Å². The first-order valence-electron chi connectivity index (χ1n) is 4.24. The Morgan fingerprint density at radius 1 is 1.23 bits per heavy atom. The average Bonchev–Trinajstić information content (AvgIpc) is 2.19. The quantitative estimate of drug-likeness (QED) is 0.698. The van der Waals surface area contributed by atoms with Crippen molar-refractivity contribution in [3.63, 3.8) is 0 Å². The SMILES string of the molecule is CCOc1nccc2cccnc12. The summed E-state index contributed by atoms with van der Waals surface area (Å²) in [5, 5.41) is 1.06. The molecule has 0 atom stereocenters. The number of hydrogen-bond acceptors (Lipinski definition) is 3. The Morgan fingerprint density at radius 3 is 3.00 bits per heavy atom. The molecule has 0 N–H and O–H groups in total. The third-order valence-corrected chi connectivity index (χ3v) is 1.77. The van der Waals surface area contributed by atoms with Crippen LogP contribution in [0, 0.1) is 0 Å². The van der Waals surface area contributed by atoms with Gasteiger partial charge in [-0.2, -0.15) is 0 Å². The van der Waals surface area contributed by atoms with Crippen LogP contribution in [0.4, 0.5) is 0 Å². The molecule has 0 aliphatic rings. The standard InChI is InChI=1S/C10H10N2O/c1-2-13-10-9-8(5-7-12-10)4-3-6-11-9/h3-7H,2H2,1H3. The Balaban J connectivity index is 2.61. The molecule has 0 radical (unpaired) electrons. The fraction of sp³-hybridized carbons (Fsp3) is 0.200. The van der Waals surface area contributed by atoms with Gasteiger partial charge in [0, 0.05) is 17.8 Å². The van der Waals surface area contributed by atoms with Gasteiger partial charge in [0.2, 0.25) is 5.88 Å². The van der Waals surface area contributed by atoms with Gasteiger partial charge in [-0.3, -0.25) is 4.98 Å². The van der Waals surface area contributed by atoms with Crippen LogP contribution in [0.1, 0.15) is 6.92 Å². The summed E-state index contributed by atoms with van der Waals surface area (Å²) in [4.78, 5) is 8.32. The maximum Gasteiger partial charge on any atom is 0.240 e. The van der Waals surface area contributed by atoms with E-state index in [4.69, 9.17) is 4.74 Å². The first kappa shape index (κ1) is 7.98. The predicted octanol–water partition coefficient (Wildman–Crippen LogP) is 2.03. The summed E-state index contributed by atoms with van der Waals surface area (Å²) in [6.45, 7) is 2.55. The van der Waals surface area contributed by atoms with Crippen LogP contribution >= 0.6 is 0 Å². The molecule has 2 aromatic heterocycles. The van der Waals surface area contributed by atoms with Crippen molar-refractivity contribution in [1.29, 1.82) is 0 Å². The molecule has 3 heteroatoms. The van der Waals surface area contributed by atoms with E-state index in [1.165, 1.54) is 0 Å². The highest BCUT2D eigenvalue weighted by molar-refractivity contribution is 5.82. The summed E-state index contributed by atoms with van der Waals surface area (Å²) in [6, 6.07) is 5.81. The molecular formula is C10H10N2O. The van der Waals surface area contributed by atoms with Crippen molar-refractivity contribution in [2.24, 2.45) is 0 Å². The van der Waals surface area contributed by atoms with Crippen molar-refractivity contribution < 1.29 is 4.74 Å². The fourth-order valence-corrected chi connectivity index (χ4v) is 1.22. The van der Waals surface area contributed by atoms with Gasteiger partial charge in [-0.05, 0) is 19.1 Å². The van der Waals surface area contributed by atoms with E-state index in [0.29, 0.717) is 12.5 Å². The van der Waals surface area contributed by atoms with Crippen molar-refractivity contribution >= 4 is 10.9 Å². The van der Waals surface area contributed by atoms with E-state index in [2.05, 4.69) is 9.97 Å². The van der Waals surface area contributed by atoms with Gasteiger partial charge in [0.1, 0.15) is 5.52 Å². The fourth-order valence-electron chi connectivity index (χ4n) is 1.22. The third-order valence-electron chi connectivity index (χ3n) is 1.77. The van der Waals surface area contributed by atoms with Crippen LogP contribution in [0.3, 0.4) is 0 Å². The van der Waals surface area contributed by atoms with Gasteiger partial charge in [0.25, 0.3) is 0 Å². The molecule has 0 amide bonds. The summed E-state index contributed by atoms with van der Waals surface area (Å²) >= 11 is 0. The number of fused-ring (bicyclic) bond motifs is 1. The minimum atomic E-state index is 0.612. The van der Waals surface area contributed by atoms with E-state index in [9.17, 15) is 0 Å². The van der Waals surface area contributed by atoms with E-state index in [1.807, 2.05) is 25.1 Å². The van der Waals surface area contributed by atoms with Gasteiger partial charge in [0.15, 0.2) is 0 Å². The second-order valence-corrected chi connectivity index (χ2v) is 2.62. The Kier molecular flexibility index (Phi) is 2.08. The summed E-state index contributed by atoms with van der Waals surface area (Å²) in [7, 11) is 0. The smallest absolute Gasteiger partial charge is 0.240 e. The van der Waals surface area contributed by atoms with Crippen LogP contribution < -0.4 is 4.74 Å². The van der Waals surface area contributed by atoms with E-state index >= 15 is 0 Å². The maximum absolute atomic E-state index is 5.35. The number of aromatic nitrogens is 2. The average molecular weight is 174 g/mol. The summed E-state index contributed by atoms with van der Waals surface area (Å²) in [6.07, 6.45) is 3.47. The molecule has 66 valence electrons. The lowest BCUT2D eigenvalue weighted by molar-refractivity contribution is 0.330. The minimum absolute atomic E-state index is 0.612. The molecule has 0 bridgehead atoms. The molecule has 2 aromatic rings. The molecule has 0 aliphatic carbocycles. The van der Waals surface area contributed by atoms with Crippen molar-refractivity contribution in [2.75, 3.05) is 6.61 Å². The van der Waals surface area contributed by atoms with Gasteiger partial charge < -0.3 is 4.74 Å². The first-order chi connectivity index (χ1) is 6.42. The van der Waals surface area contributed by atoms with Crippen molar-refractivity contribution in [3.05, 3.63) is 30.6 Å². The van der Waals surface area contributed by atoms with Crippen LogP contribution in [-0.2, 0) is 0 Å². The largest absolute Gasteiger partial charge is 0.476 e. The molecule has 0 fully saturated rings. The summed E-state index contributed by atoms with van der Waals surface area (Å²) in [5.41, 5.74) is 0.826. The third kappa shape index (κ3) is 1.45. The lowest BCUT2D eigenvalue weighted by Crippen LogP contribution is -1.95. The molecule has 0 unspecified atom stereocenters. The molecule has 0 aliphatic heterocycles. The topological polar surface area (TPSA) is 35.0 Å². The van der Waals surface area contributed by atoms with Crippen molar-refractivity contribution in [1.82, 2.24) is 9.97 Å². The normalized spacial score (nSPS) is 10.2. The molecule has 0 spiro atoms. The van der Waals surface area contributed by atoms with Gasteiger partial charge in [0.05, 0.1) is 6.61 Å². The second kappa shape index (κ2) is 3.39. The first-order valence-corrected chi connectivity index (χ1v) is 4.24. The lowest BCUT2D eigenvalue weighted by atomic mass is 10.2. The molecule has 0 aromatic carbocycles. The summed E-state index contributed by atoms with van der Waals surface area (Å²) in [5.74, 6) is 0.612. The Labute approximate surface area is 76.4 Å². The molecule has 13 heavy (non-hydrogen) atoms. The van der Waals surface area contributed by atoms with E-state index in [1.54, 1.807) is 12.4 Å². The number of pyridine rings is 2. The Hall–Kier alpha value is -1.64. The van der Waals surface area contributed by atoms with Crippen LogP contribution in [-0.4, -0.2) is 16.6 Å². The van der Waals surface area contributed by atoms with E-state index in [0.717, 1.165) is 10.9 Å². The van der Waals surface area contributed by atoms with Crippen LogP contribution in [0.5, 0.6) is 5.88 Å². The van der Waals surface area contributed by atoms with Gasteiger partial charge in [-0.15, -0.1) is 0 Å². The minimum Gasteiger partial charge on any atom is -0.476 e. The number of hydrogen-bond donors (Lipinski definition) is 0. The molecule has 0 saturated heterocycles. The summed E-state index contributed by atoms with van der Waals surface area (Å²) < 4.78 is 5.35. The van der Waals surface area contributed by atoms with E-state index in [-0.39, 0.29) is 0 Å². The highest BCUT2D eigenvalue weighted by atomic mass is 16.5.